The molecule has 0 saturated carbocycles. The van der Waals surface area contributed by atoms with Gasteiger partial charge in [-0.25, -0.2) is 32.0 Å². The zero-order valence-corrected chi connectivity index (χ0v) is 17.4. The molecule has 1 atom stereocenters. The second-order valence-electron chi connectivity index (χ2n) is 7.74. The number of aromatic nitrogens is 6. The number of aromatic amines is 1. The first-order chi connectivity index (χ1) is 14.3. The minimum atomic E-state index is -3.32. The summed E-state index contributed by atoms with van der Waals surface area (Å²) < 4.78 is 28.8. The number of sulfonamides is 1. The first kappa shape index (κ1) is 18.9. The maximum absolute atomic E-state index is 12.7. The molecule has 0 amide bonds. The number of nitrogens with one attached hydrogen (secondary N) is 1. The van der Waals surface area contributed by atoms with Crippen LogP contribution in [0.1, 0.15) is 24.4 Å². The topological polar surface area (TPSA) is 118 Å². The van der Waals surface area contributed by atoms with E-state index in [2.05, 4.69) is 20.1 Å². The fraction of sp³-hybridized carbons (Fsp3) is 0.368. The van der Waals surface area contributed by atoms with Gasteiger partial charge in [0.15, 0.2) is 11.5 Å². The summed E-state index contributed by atoms with van der Waals surface area (Å²) >= 11 is 0. The van der Waals surface area contributed by atoms with Crippen LogP contribution in [0.3, 0.4) is 0 Å². The summed E-state index contributed by atoms with van der Waals surface area (Å²) in [5.41, 5.74) is 3.41. The first-order valence-electron chi connectivity index (χ1n) is 9.68. The highest BCUT2D eigenvalue weighted by Gasteiger charge is 2.29. The van der Waals surface area contributed by atoms with Gasteiger partial charge in [0.25, 0.3) is 0 Å². The lowest BCUT2D eigenvalue weighted by molar-refractivity contribution is 0.268. The average molecular weight is 427 g/mol. The molecule has 1 unspecified atom stereocenters. The van der Waals surface area contributed by atoms with Crippen molar-refractivity contribution < 1.29 is 8.42 Å². The number of fused-ring (bicyclic) bond motifs is 2. The van der Waals surface area contributed by atoms with E-state index < -0.39 is 10.0 Å². The van der Waals surface area contributed by atoms with E-state index in [0.29, 0.717) is 36.4 Å². The fourth-order valence-electron chi connectivity index (χ4n) is 4.08. The monoisotopic (exact) mass is 427 g/mol. The van der Waals surface area contributed by atoms with Gasteiger partial charge in [0.05, 0.1) is 35.8 Å². The molecule has 4 aromatic rings. The predicted octanol–water partition coefficient (Wildman–Crippen LogP) is 1.34. The van der Waals surface area contributed by atoms with Crippen molar-refractivity contribution in [1.29, 1.82) is 0 Å². The van der Waals surface area contributed by atoms with Crippen LogP contribution in [0.25, 0.3) is 28.1 Å². The van der Waals surface area contributed by atoms with Crippen LogP contribution >= 0.6 is 0 Å². The van der Waals surface area contributed by atoms with Gasteiger partial charge in [-0.05, 0) is 37.5 Å². The van der Waals surface area contributed by atoms with Gasteiger partial charge in [-0.15, -0.1) is 0 Å². The molecule has 5 heterocycles. The van der Waals surface area contributed by atoms with Gasteiger partial charge >= 0.3 is 5.69 Å². The highest BCUT2D eigenvalue weighted by atomic mass is 32.2. The van der Waals surface area contributed by atoms with Gasteiger partial charge < -0.3 is 4.98 Å². The van der Waals surface area contributed by atoms with Crippen LogP contribution in [0.15, 0.2) is 35.5 Å². The molecule has 11 heteroatoms. The third-order valence-corrected chi connectivity index (χ3v) is 6.84. The molecule has 4 aromatic heterocycles. The molecule has 0 bridgehead atoms. The Morgan fingerprint density at radius 2 is 2.10 bits per heavy atom. The number of hydrogen-bond acceptors (Lipinski definition) is 6. The van der Waals surface area contributed by atoms with E-state index in [1.807, 2.05) is 25.3 Å². The van der Waals surface area contributed by atoms with Crippen LogP contribution in [-0.4, -0.2) is 61.2 Å². The summed E-state index contributed by atoms with van der Waals surface area (Å²) in [5, 5.41) is 4.36. The summed E-state index contributed by atoms with van der Waals surface area (Å²) in [6.07, 6.45) is 7.75. The summed E-state index contributed by atoms with van der Waals surface area (Å²) in [7, 11) is -3.32. The number of H-pyrrole nitrogens is 1. The number of nitrogens with zero attached hydrogens (tertiary/aromatic N) is 6. The van der Waals surface area contributed by atoms with Crippen molar-refractivity contribution in [3.63, 3.8) is 0 Å². The summed E-state index contributed by atoms with van der Waals surface area (Å²) in [5.74, 6) is 0.464. The number of imidazole rings is 1. The molecular weight excluding hydrogens is 406 g/mol. The Bertz CT molecular complexity index is 1430. The predicted molar refractivity (Wildman–Crippen MR) is 112 cm³/mol. The zero-order chi connectivity index (χ0) is 21.0. The van der Waals surface area contributed by atoms with E-state index in [9.17, 15) is 13.2 Å². The Morgan fingerprint density at radius 3 is 2.90 bits per heavy atom. The van der Waals surface area contributed by atoms with Crippen molar-refractivity contribution in [2.24, 2.45) is 0 Å². The second kappa shape index (κ2) is 6.74. The van der Waals surface area contributed by atoms with Gasteiger partial charge in [0, 0.05) is 19.3 Å². The number of aryl methyl sites for hydroxylation is 1. The quantitative estimate of drug-likeness (QED) is 0.527. The van der Waals surface area contributed by atoms with Gasteiger partial charge in [0.2, 0.25) is 10.0 Å². The number of hydrogen-bond donors (Lipinski definition) is 1. The molecule has 1 saturated heterocycles. The number of rotatable bonds is 3. The molecule has 1 aliphatic rings. The molecule has 156 valence electrons. The summed E-state index contributed by atoms with van der Waals surface area (Å²) in [4.78, 5) is 24.6. The minimum absolute atomic E-state index is 0.251. The highest BCUT2D eigenvalue weighted by molar-refractivity contribution is 7.88. The van der Waals surface area contributed by atoms with Crippen LogP contribution in [-0.2, 0) is 10.0 Å². The summed E-state index contributed by atoms with van der Waals surface area (Å²) in [6, 6.07) is 3.68. The standard InChI is InChI=1S/C19H21N7O3S/c1-12-5-7-25-16(8-12)14(9-21-25)17-20-10-15-18(23-17)26(19(27)22-15)13-4-3-6-24(11-13)30(2,28)29/h5,7-10,13H,3-4,6,11H2,1-2H3,(H,22,27). The maximum Gasteiger partial charge on any atom is 0.328 e. The molecule has 10 nitrogen and oxygen atoms in total. The smallest absolute Gasteiger partial charge is 0.303 e. The van der Waals surface area contributed by atoms with Crippen molar-refractivity contribution in [1.82, 2.24) is 33.4 Å². The molecule has 0 aliphatic carbocycles. The Labute approximate surface area is 172 Å². The Kier molecular flexibility index (Phi) is 4.26. The second-order valence-corrected chi connectivity index (χ2v) is 9.72. The van der Waals surface area contributed by atoms with Crippen molar-refractivity contribution in [3.05, 3.63) is 46.8 Å². The van der Waals surface area contributed by atoms with Crippen LogP contribution < -0.4 is 5.69 Å². The molecule has 0 spiro atoms. The lowest BCUT2D eigenvalue weighted by atomic mass is 10.1. The highest BCUT2D eigenvalue weighted by Crippen LogP contribution is 2.27. The molecule has 0 radical (unpaired) electrons. The Hall–Kier alpha value is -3.05. The SMILES string of the molecule is Cc1ccn2ncc(-c3ncc4[nH]c(=O)n(C5CCCN(S(C)(=O)=O)C5)c4n3)c2c1. The first-order valence-corrected chi connectivity index (χ1v) is 11.5. The molecule has 0 aromatic carbocycles. The van der Waals surface area contributed by atoms with Crippen molar-refractivity contribution in [2.75, 3.05) is 19.3 Å². The van der Waals surface area contributed by atoms with Gasteiger partial charge in [-0.1, -0.05) is 0 Å². The Morgan fingerprint density at radius 1 is 1.27 bits per heavy atom. The largest absolute Gasteiger partial charge is 0.328 e. The normalized spacial score (nSPS) is 18.4. The minimum Gasteiger partial charge on any atom is -0.303 e. The van der Waals surface area contributed by atoms with Crippen molar-refractivity contribution in [2.45, 2.75) is 25.8 Å². The van der Waals surface area contributed by atoms with Gasteiger partial charge in [-0.3, -0.25) is 4.57 Å². The lowest BCUT2D eigenvalue weighted by Crippen LogP contribution is -2.42. The molecule has 1 aliphatic heterocycles. The van der Waals surface area contributed by atoms with E-state index in [1.54, 1.807) is 21.5 Å². The van der Waals surface area contributed by atoms with Crippen LogP contribution in [0.4, 0.5) is 0 Å². The summed E-state index contributed by atoms with van der Waals surface area (Å²) in [6.45, 7) is 2.72. The Balaban J connectivity index is 1.63. The van der Waals surface area contributed by atoms with Crippen molar-refractivity contribution >= 4 is 26.7 Å². The molecule has 1 N–H and O–H groups in total. The average Bonchev–Trinajstić information content (AvgIpc) is 3.26. The lowest BCUT2D eigenvalue weighted by Gasteiger charge is -2.31. The van der Waals surface area contributed by atoms with E-state index in [0.717, 1.165) is 16.6 Å². The van der Waals surface area contributed by atoms with E-state index >= 15 is 0 Å². The van der Waals surface area contributed by atoms with E-state index in [4.69, 9.17) is 0 Å². The van der Waals surface area contributed by atoms with Crippen LogP contribution in [0.2, 0.25) is 0 Å². The molecule has 30 heavy (non-hydrogen) atoms. The van der Waals surface area contributed by atoms with Crippen molar-refractivity contribution in [3.8, 4) is 11.4 Å². The van der Waals surface area contributed by atoms with Gasteiger partial charge in [0.1, 0.15) is 5.52 Å². The van der Waals surface area contributed by atoms with Gasteiger partial charge in [-0.2, -0.15) is 5.10 Å². The van der Waals surface area contributed by atoms with Crippen LogP contribution in [0, 0.1) is 6.92 Å². The number of pyridine rings is 1. The number of piperidine rings is 1. The maximum atomic E-state index is 12.7. The third-order valence-electron chi connectivity index (χ3n) is 5.57. The third kappa shape index (κ3) is 3.10. The van der Waals surface area contributed by atoms with E-state index in [-0.39, 0.29) is 18.3 Å². The molecule has 1 fully saturated rings. The molecule has 5 rings (SSSR count). The van der Waals surface area contributed by atoms with Crippen LogP contribution in [0.5, 0.6) is 0 Å². The zero-order valence-electron chi connectivity index (χ0n) is 16.6. The fourth-order valence-corrected chi connectivity index (χ4v) is 4.98. The molecular formula is C19H21N7O3S. The van der Waals surface area contributed by atoms with E-state index in [1.165, 1.54) is 10.6 Å².